The highest BCUT2D eigenvalue weighted by molar-refractivity contribution is 9.10. The summed E-state index contributed by atoms with van der Waals surface area (Å²) in [7, 11) is 0. The minimum atomic E-state index is 0.125. The third kappa shape index (κ3) is 4.02. The van der Waals surface area contributed by atoms with Crippen LogP contribution in [0.5, 0.6) is 0 Å². The lowest BCUT2D eigenvalue weighted by molar-refractivity contribution is 0.101. The third-order valence-corrected chi connectivity index (χ3v) is 3.82. The van der Waals surface area contributed by atoms with Crippen LogP contribution in [-0.2, 0) is 4.74 Å². The Hall–Kier alpha value is -0.490. The van der Waals surface area contributed by atoms with Crippen LogP contribution in [0.4, 0.5) is 0 Å². The summed E-state index contributed by atoms with van der Waals surface area (Å²) in [5.41, 5.74) is 3.84. The molecule has 1 aliphatic heterocycles. The van der Waals surface area contributed by atoms with Gasteiger partial charge in [-0.25, -0.2) is 0 Å². The van der Waals surface area contributed by atoms with E-state index >= 15 is 0 Å². The molecule has 0 amide bonds. The van der Waals surface area contributed by atoms with Crippen molar-refractivity contribution < 1.29 is 4.74 Å². The molecule has 0 aliphatic carbocycles. The van der Waals surface area contributed by atoms with Crippen molar-refractivity contribution in [3.8, 4) is 0 Å². The zero-order valence-electron chi connectivity index (χ0n) is 10.4. The standard InChI is InChI=1S/C13H20BrN3O/c14-10-6-7-12(16-9-10)13(17-15)5-1-3-11-4-2-8-18-11/h6-7,9,11,13,17H,1-5,8,15H2. The Balaban J connectivity index is 1.79. The molecule has 0 bridgehead atoms. The van der Waals surface area contributed by atoms with E-state index in [2.05, 4.69) is 26.3 Å². The van der Waals surface area contributed by atoms with Crippen LogP contribution in [0.1, 0.15) is 43.8 Å². The zero-order valence-corrected chi connectivity index (χ0v) is 12.0. The molecule has 2 atom stereocenters. The van der Waals surface area contributed by atoms with Gasteiger partial charge in [-0.3, -0.25) is 16.3 Å². The second-order valence-corrected chi connectivity index (χ2v) is 5.60. The SMILES string of the molecule is NNC(CCCC1CCCO1)c1ccc(Br)cn1. The molecule has 4 nitrogen and oxygen atoms in total. The van der Waals surface area contributed by atoms with E-state index in [1.165, 1.54) is 12.8 Å². The first-order chi connectivity index (χ1) is 8.79. The highest BCUT2D eigenvalue weighted by atomic mass is 79.9. The van der Waals surface area contributed by atoms with Crippen LogP contribution < -0.4 is 11.3 Å². The van der Waals surface area contributed by atoms with Crippen molar-refractivity contribution in [1.82, 2.24) is 10.4 Å². The van der Waals surface area contributed by atoms with Gasteiger partial charge in [0.2, 0.25) is 0 Å². The van der Waals surface area contributed by atoms with E-state index in [4.69, 9.17) is 10.6 Å². The number of hydrazine groups is 1. The van der Waals surface area contributed by atoms with Gasteiger partial charge in [0.15, 0.2) is 0 Å². The molecule has 0 spiro atoms. The summed E-state index contributed by atoms with van der Waals surface area (Å²) in [5.74, 6) is 5.60. The fourth-order valence-electron chi connectivity index (χ4n) is 2.33. The van der Waals surface area contributed by atoms with Crippen LogP contribution in [-0.4, -0.2) is 17.7 Å². The van der Waals surface area contributed by atoms with Gasteiger partial charge in [-0.1, -0.05) is 0 Å². The monoisotopic (exact) mass is 313 g/mol. The molecular formula is C13H20BrN3O. The Morgan fingerprint density at radius 3 is 3.06 bits per heavy atom. The van der Waals surface area contributed by atoms with Crippen molar-refractivity contribution in [2.75, 3.05) is 6.61 Å². The van der Waals surface area contributed by atoms with E-state index in [1.807, 2.05) is 12.1 Å². The normalized spacial score (nSPS) is 21.1. The molecule has 1 fully saturated rings. The van der Waals surface area contributed by atoms with Crippen LogP contribution in [0.2, 0.25) is 0 Å². The first-order valence-electron chi connectivity index (χ1n) is 6.49. The van der Waals surface area contributed by atoms with E-state index in [1.54, 1.807) is 6.20 Å². The van der Waals surface area contributed by atoms with E-state index in [-0.39, 0.29) is 6.04 Å². The van der Waals surface area contributed by atoms with Gasteiger partial charge in [-0.05, 0) is 60.2 Å². The molecule has 0 saturated carbocycles. The van der Waals surface area contributed by atoms with Crippen molar-refractivity contribution in [3.05, 3.63) is 28.5 Å². The topological polar surface area (TPSA) is 60.2 Å². The van der Waals surface area contributed by atoms with Crippen LogP contribution in [0, 0.1) is 0 Å². The molecule has 2 rings (SSSR count). The number of halogens is 1. The summed E-state index contributed by atoms with van der Waals surface area (Å²) >= 11 is 3.38. The molecule has 1 aliphatic rings. The summed E-state index contributed by atoms with van der Waals surface area (Å²) in [6, 6.07) is 4.12. The first kappa shape index (κ1) is 13.9. The highest BCUT2D eigenvalue weighted by Gasteiger charge is 2.17. The number of hydrogen-bond acceptors (Lipinski definition) is 4. The average Bonchev–Trinajstić information content (AvgIpc) is 2.89. The maximum absolute atomic E-state index is 5.62. The van der Waals surface area contributed by atoms with Gasteiger partial charge >= 0.3 is 0 Å². The highest BCUT2D eigenvalue weighted by Crippen LogP contribution is 2.22. The molecule has 2 unspecified atom stereocenters. The van der Waals surface area contributed by atoms with Crippen molar-refractivity contribution in [2.45, 2.75) is 44.2 Å². The fraction of sp³-hybridized carbons (Fsp3) is 0.615. The van der Waals surface area contributed by atoms with E-state index in [9.17, 15) is 0 Å². The summed E-state index contributed by atoms with van der Waals surface area (Å²) in [5, 5.41) is 0. The third-order valence-electron chi connectivity index (χ3n) is 3.35. The predicted molar refractivity (Wildman–Crippen MR) is 74.8 cm³/mol. The van der Waals surface area contributed by atoms with Crippen LogP contribution in [0.25, 0.3) is 0 Å². The van der Waals surface area contributed by atoms with Crippen molar-refractivity contribution >= 4 is 15.9 Å². The molecule has 18 heavy (non-hydrogen) atoms. The minimum Gasteiger partial charge on any atom is -0.378 e. The predicted octanol–water partition coefficient (Wildman–Crippen LogP) is 2.70. The van der Waals surface area contributed by atoms with Crippen LogP contribution >= 0.6 is 15.9 Å². The zero-order chi connectivity index (χ0) is 12.8. The van der Waals surface area contributed by atoms with Gasteiger partial charge in [0.05, 0.1) is 17.8 Å². The van der Waals surface area contributed by atoms with Gasteiger partial charge in [0.1, 0.15) is 0 Å². The molecule has 0 aromatic carbocycles. The number of nitrogens with two attached hydrogens (primary N) is 1. The fourth-order valence-corrected chi connectivity index (χ4v) is 2.57. The second-order valence-electron chi connectivity index (χ2n) is 4.69. The summed E-state index contributed by atoms with van der Waals surface area (Å²) in [6.45, 7) is 0.928. The molecule has 100 valence electrons. The number of aromatic nitrogens is 1. The number of nitrogens with one attached hydrogen (secondary N) is 1. The molecule has 0 radical (unpaired) electrons. The van der Waals surface area contributed by atoms with Crippen molar-refractivity contribution in [3.63, 3.8) is 0 Å². The van der Waals surface area contributed by atoms with Gasteiger partial charge in [0, 0.05) is 17.3 Å². The van der Waals surface area contributed by atoms with E-state index < -0.39 is 0 Å². The van der Waals surface area contributed by atoms with E-state index in [0.29, 0.717) is 6.10 Å². The molecule has 5 heteroatoms. The Morgan fingerprint density at radius 2 is 2.44 bits per heavy atom. The lowest BCUT2D eigenvalue weighted by Gasteiger charge is -2.16. The number of nitrogens with zero attached hydrogens (tertiary/aromatic N) is 1. The first-order valence-corrected chi connectivity index (χ1v) is 7.28. The maximum Gasteiger partial charge on any atom is 0.0632 e. The second kappa shape index (κ2) is 7.19. The number of hydrogen-bond donors (Lipinski definition) is 2. The molecule has 2 heterocycles. The summed E-state index contributed by atoms with van der Waals surface area (Å²) in [6.07, 6.45) is 7.90. The van der Waals surface area contributed by atoms with E-state index in [0.717, 1.165) is 36.0 Å². The van der Waals surface area contributed by atoms with Crippen molar-refractivity contribution in [2.24, 2.45) is 5.84 Å². The molecular weight excluding hydrogens is 294 g/mol. The van der Waals surface area contributed by atoms with Crippen LogP contribution in [0.15, 0.2) is 22.8 Å². The summed E-state index contributed by atoms with van der Waals surface area (Å²) in [4.78, 5) is 4.38. The smallest absolute Gasteiger partial charge is 0.0632 e. The summed E-state index contributed by atoms with van der Waals surface area (Å²) < 4.78 is 6.60. The lowest BCUT2D eigenvalue weighted by atomic mass is 10.0. The number of pyridine rings is 1. The quantitative estimate of drug-likeness (QED) is 0.626. The molecule has 1 aromatic rings. The largest absolute Gasteiger partial charge is 0.378 e. The van der Waals surface area contributed by atoms with Gasteiger partial charge in [-0.15, -0.1) is 0 Å². The van der Waals surface area contributed by atoms with Crippen molar-refractivity contribution in [1.29, 1.82) is 0 Å². The molecule has 3 N–H and O–H groups in total. The van der Waals surface area contributed by atoms with Gasteiger partial charge in [0.25, 0.3) is 0 Å². The molecule has 1 aromatic heterocycles. The van der Waals surface area contributed by atoms with Gasteiger partial charge < -0.3 is 4.74 Å². The Labute approximate surface area is 116 Å². The number of rotatable bonds is 6. The Morgan fingerprint density at radius 1 is 1.56 bits per heavy atom. The Bertz CT molecular complexity index is 352. The van der Waals surface area contributed by atoms with Crippen LogP contribution in [0.3, 0.4) is 0 Å². The minimum absolute atomic E-state index is 0.125. The lowest BCUT2D eigenvalue weighted by Crippen LogP contribution is -2.28. The number of ether oxygens (including phenoxy) is 1. The Kier molecular flexibility index (Phi) is 5.56. The average molecular weight is 314 g/mol. The maximum atomic E-state index is 5.62. The van der Waals surface area contributed by atoms with Gasteiger partial charge in [-0.2, -0.15) is 0 Å². The molecule has 1 saturated heterocycles.